The molecule has 0 unspecified atom stereocenters. The zero-order valence-corrected chi connectivity index (χ0v) is 35.2. The molecule has 0 saturated heterocycles. The van der Waals surface area contributed by atoms with Crippen LogP contribution >= 0.6 is 0 Å². The van der Waals surface area contributed by atoms with E-state index in [1.807, 2.05) is 109 Å². The minimum atomic E-state index is -0.489. The summed E-state index contributed by atoms with van der Waals surface area (Å²) >= 11 is 0. The average molecular weight is 803 g/mol. The molecule has 0 N–H and O–H groups in total. The molecule has 0 aliphatic heterocycles. The second kappa shape index (κ2) is 23.5. The Morgan fingerprint density at radius 2 is 0.683 bits per heavy atom. The summed E-state index contributed by atoms with van der Waals surface area (Å²) in [6, 6.07) is 45.4. The normalized spacial score (nSPS) is 10.9. The van der Waals surface area contributed by atoms with E-state index in [0.717, 1.165) is 59.8 Å². The van der Waals surface area contributed by atoms with Gasteiger partial charge in [0.15, 0.2) is 0 Å². The van der Waals surface area contributed by atoms with Crippen LogP contribution in [0, 0.1) is 0 Å². The van der Waals surface area contributed by atoms with E-state index in [9.17, 15) is 9.59 Å². The summed E-state index contributed by atoms with van der Waals surface area (Å²) < 4.78 is 23.8. The van der Waals surface area contributed by atoms with Crippen LogP contribution in [0.1, 0.15) is 112 Å². The van der Waals surface area contributed by atoms with Crippen molar-refractivity contribution in [3.63, 3.8) is 0 Å². The average Bonchev–Trinajstić information content (AvgIpc) is 3.29. The summed E-state index contributed by atoms with van der Waals surface area (Å²) in [6.45, 7) is 5.92. The lowest BCUT2D eigenvalue weighted by Crippen LogP contribution is -2.10. The Hall–Kier alpha value is -6.14. The summed E-state index contributed by atoms with van der Waals surface area (Å²) in [5, 5.41) is 0. The van der Waals surface area contributed by atoms with Crippen LogP contribution in [0.3, 0.4) is 0 Å². The Balaban J connectivity index is 1.03. The zero-order chi connectivity index (χ0) is 41.8. The van der Waals surface area contributed by atoms with Crippen molar-refractivity contribution < 1.29 is 28.5 Å². The van der Waals surface area contributed by atoms with E-state index in [-0.39, 0.29) is 0 Å². The lowest BCUT2D eigenvalue weighted by atomic mass is 10.0. The first-order valence-electron chi connectivity index (χ1n) is 21.8. The lowest BCUT2D eigenvalue weighted by Gasteiger charge is -2.14. The molecule has 0 aliphatic rings. The summed E-state index contributed by atoms with van der Waals surface area (Å²) in [5.41, 5.74) is 6.12. The van der Waals surface area contributed by atoms with Crippen LogP contribution in [0.4, 0.5) is 0 Å². The molecule has 0 bridgehead atoms. The van der Waals surface area contributed by atoms with Gasteiger partial charge in [-0.2, -0.15) is 0 Å². The van der Waals surface area contributed by atoms with Crippen LogP contribution in [0.25, 0.3) is 33.4 Å². The molecular formula is C54H58O6. The summed E-state index contributed by atoms with van der Waals surface area (Å²) in [7, 11) is 0. The van der Waals surface area contributed by atoms with E-state index in [4.69, 9.17) is 18.9 Å². The highest BCUT2D eigenvalue weighted by atomic mass is 16.5. The molecule has 0 aromatic heterocycles. The molecule has 0 radical (unpaired) electrons. The van der Waals surface area contributed by atoms with Crippen molar-refractivity contribution in [1.29, 1.82) is 0 Å². The number of carbonyl (C=O) groups is 2. The van der Waals surface area contributed by atoms with Crippen molar-refractivity contribution in [3.05, 3.63) is 157 Å². The third kappa shape index (κ3) is 12.9. The first-order chi connectivity index (χ1) is 29.5. The molecule has 0 atom stereocenters. The predicted molar refractivity (Wildman–Crippen MR) is 243 cm³/mol. The van der Waals surface area contributed by atoms with Gasteiger partial charge in [-0.15, -0.1) is 0 Å². The zero-order valence-electron chi connectivity index (χ0n) is 35.2. The Labute approximate surface area is 356 Å². The highest BCUT2D eigenvalue weighted by molar-refractivity contribution is 5.95. The third-order valence-corrected chi connectivity index (χ3v) is 10.6. The van der Waals surface area contributed by atoms with Crippen molar-refractivity contribution in [1.82, 2.24) is 0 Å². The van der Waals surface area contributed by atoms with Crippen LogP contribution in [-0.2, 0) is 0 Å². The monoisotopic (exact) mass is 802 g/mol. The molecule has 6 aromatic carbocycles. The maximum Gasteiger partial charge on any atom is 0.343 e. The Bertz CT molecular complexity index is 2050. The molecule has 6 aromatic rings. The number of hydrogen-bond acceptors (Lipinski definition) is 6. The molecule has 0 aliphatic carbocycles. The largest absolute Gasteiger partial charge is 0.494 e. The van der Waals surface area contributed by atoms with Crippen molar-refractivity contribution in [2.24, 2.45) is 0 Å². The van der Waals surface area contributed by atoms with Gasteiger partial charge >= 0.3 is 11.9 Å². The van der Waals surface area contributed by atoms with Crippen LogP contribution in [0.5, 0.6) is 23.0 Å². The highest BCUT2D eigenvalue weighted by Gasteiger charge is 2.18. The Morgan fingerprint density at radius 3 is 1.05 bits per heavy atom. The molecule has 0 amide bonds. The fourth-order valence-electron chi connectivity index (χ4n) is 7.10. The van der Waals surface area contributed by atoms with Gasteiger partial charge in [0.1, 0.15) is 23.0 Å². The van der Waals surface area contributed by atoms with E-state index in [0.29, 0.717) is 33.8 Å². The molecule has 0 saturated carbocycles. The van der Waals surface area contributed by atoms with Crippen LogP contribution in [0.2, 0.25) is 0 Å². The van der Waals surface area contributed by atoms with Gasteiger partial charge in [-0.25, -0.2) is 9.59 Å². The van der Waals surface area contributed by atoms with E-state index in [1.54, 1.807) is 36.4 Å². The number of benzene rings is 6. The number of para-hydroxylation sites is 2. The summed E-state index contributed by atoms with van der Waals surface area (Å²) in [4.78, 5) is 26.9. The number of ether oxygens (including phenoxy) is 4. The van der Waals surface area contributed by atoms with Gasteiger partial charge < -0.3 is 18.9 Å². The van der Waals surface area contributed by atoms with Gasteiger partial charge in [0.2, 0.25) is 0 Å². The number of hydrogen-bond donors (Lipinski definition) is 0. The summed E-state index contributed by atoms with van der Waals surface area (Å²) in [5.74, 6) is 1.46. The second-order valence-corrected chi connectivity index (χ2v) is 15.2. The molecule has 0 spiro atoms. The summed E-state index contributed by atoms with van der Waals surface area (Å²) in [6.07, 6.45) is 14.8. The molecule has 6 nitrogen and oxygen atoms in total. The van der Waals surface area contributed by atoms with Gasteiger partial charge in [0, 0.05) is 11.1 Å². The fourth-order valence-corrected chi connectivity index (χ4v) is 7.10. The predicted octanol–water partition coefficient (Wildman–Crippen LogP) is 14.6. The number of unbranched alkanes of at least 4 members (excludes halogenated alkanes) is 10. The standard InChI is InChI=1S/C54H58O6/c1-3-5-7-9-11-17-39-57-47-35-31-43(32-36-47)41-23-27-45(28-24-41)53(55)59-51-21-15-13-19-49(51)50-20-14-16-22-52(50)60-54(56)46-29-25-42(26-30-46)44-33-37-48(38-34-44)58-40-18-12-10-8-6-4-2/h13-16,19-38H,3-12,17-18,39-40H2,1-2H3. The van der Waals surface area contributed by atoms with E-state index in [1.165, 1.54) is 64.2 Å². The van der Waals surface area contributed by atoms with Gasteiger partial charge in [-0.3, -0.25) is 0 Å². The van der Waals surface area contributed by atoms with Crippen molar-refractivity contribution >= 4 is 11.9 Å². The first kappa shape index (κ1) is 43.4. The minimum absolute atomic E-state index is 0.356. The minimum Gasteiger partial charge on any atom is -0.494 e. The van der Waals surface area contributed by atoms with Crippen LogP contribution in [-0.4, -0.2) is 25.2 Å². The van der Waals surface area contributed by atoms with Gasteiger partial charge in [0.25, 0.3) is 0 Å². The van der Waals surface area contributed by atoms with E-state index < -0.39 is 11.9 Å². The van der Waals surface area contributed by atoms with Crippen LogP contribution in [0.15, 0.2) is 146 Å². The Kier molecular flexibility index (Phi) is 17.0. The number of esters is 2. The van der Waals surface area contributed by atoms with Gasteiger partial charge in [-0.05, 0) is 95.8 Å². The second-order valence-electron chi connectivity index (χ2n) is 15.2. The molecule has 60 heavy (non-hydrogen) atoms. The third-order valence-electron chi connectivity index (χ3n) is 10.6. The maximum absolute atomic E-state index is 13.4. The molecule has 0 heterocycles. The molecule has 310 valence electrons. The molecular weight excluding hydrogens is 745 g/mol. The molecule has 6 rings (SSSR count). The number of carbonyl (C=O) groups excluding carboxylic acids is 2. The maximum atomic E-state index is 13.4. The molecule has 0 fully saturated rings. The van der Waals surface area contributed by atoms with E-state index in [2.05, 4.69) is 13.8 Å². The number of rotatable bonds is 23. The van der Waals surface area contributed by atoms with Gasteiger partial charge in [0.05, 0.1) is 24.3 Å². The lowest BCUT2D eigenvalue weighted by molar-refractivity contribution is 0.0723. The fraction of sp³-hybridized carbons (Fsp3) is 0.296. The SMILES string of the molecule is CCCCCCCCOc1ccc(-c2ccc(C(=O)Oc3ccccc3-c3ccccc3OC(=O)c3ccc(-c4ccc(OCCCCCCCC)cc4)cc3)cc2)cc1. The van der Waals surface area contributed by atoms with Crippen molar-refractivity contribution in [3.8, 4) is 56.4 Å². The van der Waals surface area contributed by atoms with Gasteiger partial charge in [-0.1, -0.05) is 163 Å². The van der Waals surface area contributed by atoms with Crippen molar-refractivity contribution in [2.75, 3.05) is 13.2 Å². The van der Waals surface area contributed by atoms with Crippen molar-refractivity contribution in [2.45, 2.75) is 90.9 Å². The van der Waals surface area contributed by atoms with Crippen LogP contribution < -0.4 is 18.9 Å². The topological polar surface area (TPSA) is 71.1 Å². The quantitative estimate of drug-likeness (QED) is 0.0365. The Morgan fingerprint density at radius 1 is 0.367 bits per heavy atom. The van der Waals surface area contributed by atoms with E-state index >= 15 is 0 Å². The smallest absolute Gasteiger partial charge is 0.343 e. The first-order valence-corrected chi connectivity index (χ1v) is 21.8. The highest BCUT2D eigenvalue weighted by Crippen LogP contribution is 2.37. The molecule has 6 heteroatoms.